The smallest absolute Gasteiger partial charge is 0.249 e. The molecule has 3 atom stereocenters. The second-order valence-electron chi connectivity index (χ2n) is 6.86. The highest BCUT2D eigenvalue weighted by atomic mass is 16.5. The van der Waals surface area contributed by atoms with Crippen LogP contribution in [0.2, 0.25) is 0 Å². The van der Waals surface area contributed by atoms with Crippen LogP contribution < -0.4 is 20.5 Å². The third-order valence-electron chi connectivity index (χ3n) is 4.55. The van der Waals surface area contributed by atoms with E-state index in [0.29, 0.717) is 31.9 Å². The van der Waals surface area contributed by atoms with Crippen molar-refractivity contribution in [2.75, 3.05) is 19.8 Å². The lowest BCUT2D eigenvalue weighted by Gasteiger charge is -2.25. The monoisotopic (exact) mass is 364 g/mol. The third-order valence-corrected chi connectivity index (χ3v) is 4.55. The quantitative estimate of drug-likeness (QED) is 0.704. The molecule has 1 aliphatic rings. The minimum absolute atomic E-state index is 0.0155. The minimum atomic E-state index is -0.418. The van der Waals surface area contributed by atoms with Gasteiger partial charge in [0.2, 0.25) is 5.91 Å². The van der Waals surface area contributed by atoms with Crippen LogP contribution in [0.1, 0.15) is 52.1 Å². The van der Waals surface area contributed by atoms with Crippen molar-refractivity contribution in [3.8, 4) is 11.5 Å². The van der Waals surface area contributed by atoms with Crippen LogP contribution in [-0.4, -0.2) is 37.9 Å². The van der Waals surface area contributed by atoms with E-state index < -0.39 is 6.10 Å². The molecule has 0 spiro atoms. The molecule has 146 valence electrons. The molecule has 0 bridgehead atoms. The van der Waals surface area contributed by atoms with Crippen molar-refractivity contribution in [1.82, 2.24) is 5.32 Å². The Labute approximate surface area is 156 Å². The minimum Gasteiger partial charge on any atom is -0.490 e. The zero-order chi connectivity index (χ0) is 19.1. The standard InChI is InChI=1S/C20H32N2O4/c1-5-24-16-9-7-14(11-18(16)25-6-2)19(13(3)4)22-20(23)17-10-8-15(12-21)26-17/h7,9,11,13,15,17,19H,5-6,8,10,12,21H2,1-4H3,(H,22,23)/t15-,17+,19?/m1/s1. The van der Waals surface area contributed by atoms with Gasteiger partial charge in [-0.2, -0.15) is 0 Å². The van der Waals surface area contributed by atoms with Crippen molar-refractivity contribution in [1.29, 1.82) is 0 Å². The van der Waals surface area contributed by atoms with E-state index in [1.807, 2.05) is 32.0 Å². The zero-order valence-corrected chi connectivity index (χ0v) is 16.3. The van der Waals surface area contributed by atoms with Gasteiger partial charge < -0.3 is 25.3 Å². The number of carbonyl (C=O) groups excluding carboxylic acids is 1. The number of carbonyl (C=O) groups is 1. The molecule has 0 radical (unpaired) electrons. The topological polar surface area (TPSA) is 82.8 Å². The molecule has 1 aromatic rings. The molecule has 0 saturated carbocycles. The molecule has 2 rings (SSSR count). The van der Waals surface area contributed by atoms with Crippen LogP contribution in [0.15, 0.2) is 18.2 Å². The summed E-state index contributed by atoms with van der Waals surface area (Å²) in [7, 11) is 0. The molecule has 1 unspecified atom stereocenters. The number of nitrogens with two attached hydrogens (primary N) is 1. The van der Waals surface area contributed by atoms with Crippen molar-refractivity contribution in [2.45, 2.75) is 58.8 Å². The summed E-state index contributed by atoms with van der Waals surface area (Å²) >= 11 is 0. The van der Waals surface area contributed by atoms with E-state index in [1.165, 1.54) is 0 Å². The average Bonchev–Trinajstić information content (AvgIpc) is 3.10. The summed E-state index contributed by atoms with van der Waals surface area (Å²) in [5.74, 6) is 1.56. The molecular weight excluding hydrogens is 332 g/mol. The summed E-state index contributed by atoms with van der Waals surface area (Å²) in [6.45, 7) is 9.63. The molecule has 1 fully saturated rings. The SMILES string of the molecule is CCOc1ccc(C(NC(=O)[C@@H]2CC[C@H](CN)O2)C(C)C)cc1OCC. The Morgan fingerprint density at radius 3 is 2.50 bits per heavy atom. The Hall–Kier alpha value is -1.79. The van der Waals surface area contributed by atoms with Gasteiger partial charge in [-0.15, -0.1) is 0 Å². The number of hydrogen-bond acceptors (Lipinski definition) is 5. The molecule has 1 aromatic carbocycles. The van der Waals surface area contributed by atoms with E-state index >= 15 is 0 Å². The lowest BCUT2D eigenvalue weighted by molar-refractivity contribution is -0.133. The highest BCUT2D eigenvalue weighted by molar-refractivity contribution is 5.81. The maximum absolute atomic E-state index is 12.6. The first kappa shape index (κ1) is 20.5. The zero-order valence-electron chi connectivity index (χ0n) is 16.3. The molecule has 0 aromatic heterocycles. The summed E-state index contributed by atoms with van der Waals surface area (Å²) in [5.41, 5.74) is 6.63. The van der Waals surface area contributed by atoms with Crippen LogP contribution in [0, 0.1) is 5.92 Å². The molecule has 1 saturated heterocycles. The van der Waals surface area contributed by atoms with E-state index in [-0.39, 0.29) is 24.0 Å². The van der Waals surface area contributed by atoms with E-state index in [1.54, 1.807) is 0 Å². The summed E-state index contributed by atoms with van der Waals surface area (Å²) in [6.07, 6.45) is 1.11. The van der Waals surface area contributed by atoms with Crippen LogP contribution in [0.5, 0.6) is 11.5 Å². The van der Waals surface area contributed by atoms with Crippen LogP contribution >= 0.6 is 0 Å². The molecular formula is C20H32N2O4. The van der Waals surface area contributed by atoms with Crippen molar-refractivity contribution >= 4 is 5.91 Å². The van der Waals surface area contributed by atoms with Gasteiger partial charge in [-0.05, 0) is 50.3 Å². The number of benzene rings is 1. The molecule has 6 nitrogen and oxygen atoms in total. The second kappa shape index (κ2) is 9.78. The highest BCUT2D eigenvalue weighted by Crippen LogP contribution is 2.33. The number of amides is 1. The van der Waals surface area contributed by atoms with Crippen molar-refractivity contribution in [3.63, 3.8) is 0 Å². The van der Waals surface area contributed by atoms with Crippen molar-refractivity contribution in [3.05, 3.63) is 23.8 Å². The summed E-state index contributed by atoms with van der Waals surface area (Å²) in [6, 6.07) is 5.72. The van der Waals surface area contributed by atoms with E-state index in [4.69, 9.17) is 19.9 Å². The fraction of sp³-hybridized carbons (Fsp3) is 0.650. The first-order chi connectivity index (χ1) is 12.5. The molecule has 3 N–H and O–H groups in total. The summed E-state index contributed by atoms with van der Waals surface area (Å²) < 4.78 is 17.1. The number of rotatable bonds is 9. The number of nitrogens with one attached hydrogen (secondary N) is 1. The number of ether oxygens (including phenoxy) is 3. The van der Waals surface area contributed by atoms with Gasteiger partial charge in [-0.25, -0.2) is 0 Å². The average molecular weight is 364 g/mol. The van der Waals surface area contributed by atoms with E-state index in [9.17, 15) is 4.79 Å². The Balaban J connectivity index is 2.16. The van der Waals surface area contributed by atoms with E-state index in [0.717, 1.165) is 17.7 Å². The maximum atomic E-state index is 12.6. The Morgan fingerprint density at radius 2 is 1.92 bits per heavy atom. The molecule has 1 aliphatic heterocycles. The Bertz CT molecular complexity index is 591. The predicted octanol–water partition coefficient (Wildman–Crippen LogP) is 2.80. The fourth-order valence-electron chi connectivity index (χ4n) is 3.21. The van der Waals surface area contributed by atoms with Gasteiger partial charge in [0.05, 0.1) is 25.4 Å². The second-order valence-corrected chi connectivity index (χ2v) is 6.86. The Kier molecular flexibility index (Phi) is 7.72. The lowest BCUT2D eigenvalue weighted by atomic mass is 9.95. The van der Waals surface area contributed by atoms with Gasteiger partial charge in [0.15, 0.2) is 11.5 Å². The highest BCUT2D eigenvalue weighted by Gasteiger charge is 2.32. The molecule has 6 heteroatoms. The maximum Gasteiger partial charge on any atom is 0.249 e. The molecule has 26 heavy (non-hydrogen) atoms. The molecule has 1 heterocycles. The largest absolute Gasteiger partial charge is 0.490 e. The normalized spacial score (nSPS) is 20.8. The van der Waals surface area contributed by atoms with Crippen molar-refractivity contribution in [2.24, 2.45) is 11.7 Å². The first-order valence-corrected chi connectivity index (χ1v) is 9.55. The van der Waals surface area contributed by atoms with Gasteiger partial charge in [0.25, 0.3) is 0 Å². The third kappa shape index (κ3) is 5.11. The predicted molar refractivity (Wildman–Crippen MR) is 101 cm³/mol. The fourth-order valence-corrected chi connectivity index (χ4v) is 3.21. The summed E-state index contributed by atoms with van der Waals surface area (Å²) in [5, 5.41) is 3.14. The van der Waals surface area contributed by atoms with Gasteiger partial charge in [-0.3, -0.25) is 4.79 Å². The molecule has 1 amide bonds. The van der Waals surface area contributed by atoms with E-state index in [2.05, 4.69) is 19.2 Å². The van der Waals surface area contributed by atoms with Crippen molar-refractivity contribution < 1.29 is 19.0 Å². The lowest BCUT2D eigenvalue weighted by Crippen LogP contribution is -2.39. The Morgan fingerprint density at radius 1 is 1.23 bits per heavy atom. The van der Waals surface area contributed by atoms with Gasteiger partial charge >= 0.3 is 0 Å². The van der Waals surface area contributed by atoms with Crippen LogP contribution in [0.4, 0.5) is 0 Å². The number of hydrogen-bond donors (Lipinski definition) is 2. The van der Waals surface area contributed by atoms with Gasteiger partial charge in [0, 0.05) is 6.54 Å². The molecule has 0 aliphatic carbocycles. The van der Waals surface area contributed by atoms with Crippen LogP contribution in [0.25, 0.3) is 0 Å². The van der Waals surface area contributed by atoms with Gasteiger partial charge in [0.1, 0.15) is 6.10 Å². The van der Waals surface area contributed by atoms with Gasteiger partial charge in [-0.1, -0.05) is 19.9 Å². The first-order valence-electron chi connectivity index (χ1n) is 9.55. The summed E-state index contributed by atoms with van der Waals surface area (Å²) in [4.78, 5) is 12.6. The van der Waals surface area contributed by atoms with Crippen LogP contribution in [0.3, 0.4) is 0 Å². The van der Waals surface area contributed by atoms with Crippen LogP contribution in [-0.2, 0) is 9.53 Å².